The molecule has 2 heterocycles. The average molecular weight is 397 g/mol. The first-order valence-corrected chi connectivity index (χ1v) is 9.62. The van der Waals surface area contributed by atoms with Crippen molar-refractivity contribution in [2.75, 3.05) is 0 Å². The number of thiazole rings is 1. The largest absolute Gasteiger partial charge is 0.295 e. The Morgan fingerprint density at radius 2 is 1.89 bits per heavy atom. The number of hydrogen-bond donors (Lipinski definition) is 1. The topological polar surface area (TPSA) is 63.0 Å². The van der Waals surface area contributed by atoms with Gasteiger partial charge in [-0.1, -0.05) is 29.0 Å². The molecule has 0 saturated heterocycles. The van der Waals surface area contributed by atoms with Crippen LogP contribution in [0.3, 0.4) is 0 Å². The number of aromatic amines is 1. The lowest BCUT2D eigenvalue weighted by Crippen LogP contribution is -2.17. The van der Waals surface area contributed by atoms with E-state index < -0.39 is 0 Å². The summed E-state index contributed by atoms with van der Waals surface area (Å²) >= 11 is 7.45. The maximum atomic E-state index is 12.8. The van der Waals surface area contributed by atoms with E-state index in [1.807, 2.05) is 13.0 Å². The highest BCUT2D eigenvalue weighted by atomic mass is 35.5. The van der Waals surface area contributed by atoms with E-state index in [-0.39, 0.29) is 5.56 Å². The number of H-pyrrole nitrogens is 1. The Labute approximate surface area is 165 Å². The molecule has 0 fully saturated rings. The Bertz CT molecular complexity index is 1230. The van der Waals surface area contributed by atoms with Crippen LogP contribution < -0.4 is 5.56 Å². The summed E-state index contributed by atoms with van der Waals surface area (Å²) in [4.78, 5) is 21.8. The van der Waals surface area contributed by atoms with Gasteiger partial charge in [0.2, 0.25) is 5.13 Å². The van der Waals surface area contributed by atoms with Crippen LogP contribution in [0, 0.1) is 20.8 Å². The van der Waals surface area contributed by atoms with Gasteiger partial charge in [0.25, 0.3) is 5.56 Å². The second kappa shape index (κ2) is 6.79. The quantitative estimate of drug-likeness (QED) is 0.489. The highest BCUT2D eigenvalue weighted by Crippen LogP contribution is 2.31. The first kappa shape index (κ1) is 17.7. The lowest BCUT2D eigenvalue weighted by molar-refractivity contribution is 0.835. The van der Waals surface area contributed by atoms with Crippen molar-refractivity contribution in [3.05, 3.63) is 74.2 Å². The fourth-order valence-corrected chi connectivity index (χ4v) is 3.96. The third kappa shape index (κ3) is 3.22. The van der Waals surface area contributed by atoms with Gasteiger partial charge < -0.3 is 0 Å². The second-order valence-electron chi connectivity index (χ2n) is 6.38. The molecular formula is C20H17ClN4OS. The molecule has 0 atom stereocenters. The molecule has 2 aromatic heterocycles. The van der Waals surface area contributed by atoms with E-state index in [0.717, 1.165) is 21.6 Å². The molecule has 0 aliphatic carbocycles. The van der Waals surface area contributed by atoms with Gasteiger partial charge in [-0.25, -0.2) is 14.7 Å². The van der Waals surface area contributed by atoms with Crippen molar-refractivity contribution in [2.24, 2.45) is 4.99 Å². The molecule has 1 N–H and O–H groups in total. The minimum Gasteiger partial charge on any atom is -0.295 e. The standard InChI is InChI=1S/C20H17ClN4OS/c1-11-4-9-17-18(12(11)2)27-20(23-17)22-10-16-13(3)24-25(19(16)26)15-7-5-14(21)6-8-15/h4-10,24H,1-3H3/b22-10+. The molecule has 7 heteroatoms. The van der Waals surface area contributed by atoms with E-state index >= 15 is 0 Å². The molecule has 4 rings (SSSR count). The SMILES string of the molecule is Cc1ccc2nc(/N=C/c3c(C)[nH]n(-c4ccc(Cl)cc4)c3=O)sc2c1C. The van der Waals surface area contributed by atoms with Gasteiger partial charge in [0.1, 0.15) is 0 Å². The van der Waals surface area contributed by atoms with Crippen molar-refractivity contribution in [1.82, 2.24) is 14.8 Å². The molecule has 0 unspecified atom stereocenters. The Kier molecular flexibility index (Phi) is 4.45. The van der Waals surface area contributed by atoms with Crippen LogP contribution in [0.25, 0.3) is 15.9 Å². The summed E-state index contributed by atoms with van der Waals surface area (Å²) in [7, 11) is 0. The number of rotatable bonds is 3. The van der Waals surface area contributed by atoms with Crippen LogP contribution in [-0.4, -0.2) is 21.0 Å². The van der Waals surface area contributed by atoms with Gasteiger partial charge in [-0.15, -0.1) is 0 Å². The van der Waals surface area contributed by atoms with Gasteiger partial charge in [-0.2, -0.15) is 0 Å². The highest BCUT2D eigenvalue weighted by Gasteiger charge is 2.12. The van der Waals surface area contributed by atoms with Gasteiger partial charge in [0.15, 0.2) is 0 Å². The molecule has 0 aliphatic rings. The Morgan fingerprint density at radius 3 is 2.63 bits per heavy atom. The third-order valence-electron chi connectivity index (χ3n) is 4.57. The molecule has 5 nitrogen and oxygen atoms in total. The summed E-state index contributed by atoms with van der Waals surface area (Å²) in [6.07, 6.45) is 1.58. The minimum absolute atomic E-state index is 0.160. The van der Waals surface area contributed by atoms with Crippen molar-refractivity contribution in [2.45, 2.75) is 20.8 Å². The number of aliphatic imine (C=N–C) groups is 1. The van der Waals surface area contributed by atoms with Crippen LogP contribution in [0.2, 0.25) is 5.02 Å². The molecule has 0 amide bonds. The molecule has 0 radical (unpaired) electrons. The number of halogens is 1. The van der Waals surface area contributed by atoms with Gasteiger partial charge in [0, 0.05) is 16.9 Å². The Morgan fingerprint density at radius 1 is 1.15 bits per heavy atom. The predicted octanol–water partition coefficient (Wildman–Crippen LogP) is 5.10. The maximum absolute atomic E-state index is 12.8. The summed E-state index contributed by atoms with van der Waals surface area (Å²) < 4.78 is 2.62. The number of hydrogen-bond acceptors (Lipinski definition) is 4. The number of nitrogens with zero attached hydrogens (tertiary/aromatic N) is 3. The number of aryl methyl sites for hydroxylation is 3. The second-order valence-corrected chi connectivity index (χ2v) is 7.79. The Balaban J connectivity index is 1.72. The van der Waals surface area contributed by atoms with Crippen LogP contribution in [0.15, 0.2) is 46.2 Å². The summed E-state index contributed by atoms with van der Waals surface area (Å²) in [5.41, 5.74) is 5.19. The van der Waals surface area contributed by atoms with E-state index in [2.05, 4.69) is 35.0 Å². The zero-order valence-corrected chi connectivity index (χ0v) is 16.6. The minimum atomic E-state index is -0.160. The lowest BCUT2D eigenvalue weighted by atomic mass is 10.1. The molecule has 136 valence electrons. The fraction of sp³-hybridized carbons (Fsp3) is 0.150. The highest BCUT2D eigenvalue weighted by molar-refractivity contribution is 7.22. The normalized spacial score (nSPS) is 11.7. The molecule has 27 heavy (non-hydrogen) atoms. The smallest absolute Gasteiger partial charge is 0.280 e. The average Bonchev–Trinajstić information content (AvgIpc) is 3.19. The van der Waals surface area contributed by atoms with Crippen LogP contribution in [0.4, 0.5) is 5.13 Å². The predicted molar refractivity (Wildman–Crippen MR) is 112 cm³/mol. The van der Waals surface area contributed by atoms with E-state index in [9.17, 15) is 4.79 Å². The molecule has 0 aliphatic heterocycles. The van der Waals surface area contributed by atoms with Gasteiger partial charge in [-0.05, 0) is 62.2 Å². The number of fused-ring (bicyclic) bond motifs is 1. The van der Waals surface area contributed by atoms with Crippen LogP contribution >= 0.6 is 22.9 Å². The molecule has 2 aromatic carbocycles. The molecule has 0 bridgehead atoms. The maximum Gasteiger partial charge on any atom is 0.280 e. The van der Waals surface area contributed by atoms with Gasteiger partial charge in [-0.3, -0.25) is 9.89 Å². The van der Waals surface area contributed by atoms with Crippen LogP contribution in [-0.2, 0) is 0 Å². The van der Waals surface area contributed by atoms with E-state index in [4.69, 9.17) is 11.6 Å². The Hall–Kier alpha value is -2.70. The summed E-state index contributed by atoms with van der Waals surface area (Å²) in [5.74, 6) is 0. The summed E-state index contributed by atoms with van der Waals surface area (Å²) in [5, 5.41) is 4.34. The third-order valence-corrected chi connectivity index (χ3v) is 5.92. The van der Waals surface area contributed by atoms with Gasteiger partial charge in [0.05, 0.1) is 21.5 Å². The van der Waals surface area contributed by atoms with Crippen molar-refractivity contribution >= 4 is 44.5 Å². The van der Waals surface area contributed by atoms with Gasteiger partial charge >= 0.3 is 0 Å². The zero-order chi connectivity index (χ0) is 19.1. The molecule has 4 aromatic rings. The van der Waals surface area contributed by atoms with Crippen molar-refractivity contribution < 1.29 is 0 Å². The lowest BCUT2D eigenvalue weighted by Gasteiger charge is -2.00. The van der Waals surface area contributed by atoms with Crippen molar-refractivity contribution in [3.8, 4) is 5.69 Å². The number of aromatic nitrogens is 3. The monoisotopic (exact) mass is 396 g/mol. The molecular weight excluding hydrogens is 380 g/mol. The van der Waals surface area contributed by atoms with E-state index in [0.29, 0.717) is 15.7 Å². The number of benzene rings is 2. The fourth-order valence-electron chi connectivity index (χ4n) is 2.87. The van der Waals surface area contributed by atoms with E-state index in [1.165, 1.54) is 27.1 Å². The summed E-state index contributed by atoms with van der Waals surface area (Å²) in [6, 6.07) is 11.1. The van der Waals surface area contributed by atoms with Crippen LogP contribution in [0.5, 0.6) is 0 Å². The zero-order valence-electron chi connectivity index (χ0n) is 15.1. The van der Waals surface area contributed by atoms with Crippen molar-refractivity contribution in [1.29, 1.82) is 0 Å². The first-order valence-electron chi connectivity index (χ1n) is 8.42. The molecule has 0 saturated carbocycles. The van der Waals surface area contributed by atoms with Crippen molar-refractivity contribution in [3.63, 3.8) is 0 Å². The first-order chi connectivity index (χ1) is 12.9. The van der Waals surface area contributed by atoms with E-state index in [1.54, 1.807) is 30.5 Å². The molecule has 0 spiro atoms. The summed E-state index contributed by atoms with van der Waals surface area (Å²) in [6.45, 7) is 6.02. The number of nitrogens with one attached hydrogen (secondary N) is 1. The van der Waals surface area contributed by atoms with Crippen LogP contribution in [0.1, 0.15) is 22.4 Å².